The minimum absolute atomic E-state index is 0.344. The highest BCUT2D eigenvalue weighted by atomic mass is 16.3. The Hall–Kier alpha value is -0.410. The van der Waals surface area contributed by atoms with Gasteiger partial charge in [-0.2, -0.15) is 0 Å². The molecule has 1 rings (SSSR count). The van der Waals surface area contributed by atoms with E-state index in [0.29, 0.717) is 29.8 Å². The summed E-state index contributed by atoms with van der Waals surface area (Å²) < 4.78 is 0. The summed E-state index contributed by atoms with van der Waals surface area (Å²) in [4.78, 5) is 10.6. The van der Waals surface area contributed by atoms with Crippen molar-refractivity contribution < 1.29 is 9.90 Å². The van der Waals surface area contributed by atoms with Crippen molar-refractivity contribution in [3.63, 3.8) is 0 Å². The number of nitrogens with one attached hydrogen (secondary N) is 1. The van der Waals surface area contributed by atoms with Crippen LogP contribution >= 0.6 is 0 Å². The summed E-state index contributed by atoms with van der Waals surface area (Å²) in [7, 11) is 0. The third-order valence-corrected chi connectivity index (χ3v) is 4.75. The highest BCUT2D eigenvalue weighted by Gasteiger charge is 2.17. The maximum Gasteiger partial charge on any atom is 0.135 e. The van der Waals surface area contributed by atoms with E-state index < -0.39 is 0 Å². The zero-order valence-electron chi connectivity index (χ0n) is 16.3. The van der Waals surface area contributed by atoms with Crippen LogP contribution in [0.15, 0.2) is 0 Å². The van der Waals surface area contributed by atoms with Crippen LogP contribution in [0.4, 0.5) is 0 Å². The molecule has 0 aromatic carbocycles. The van der Waals surface area contributed by atoms with Gasteiger partial charge in [0.1, 0.15) is 5.78 Å². The van der Waals surface area contributed by atoms with Crippen LogP contribution < -0.4 is 5.32 Å². The second-order valence-corrected chi connectivity index (χ2v) is 8.15. The van der Waals surface area contributed by atoms with Gasteiger partial charge in [-0.3, -0.25) is 4.79 Å². The van der Waals surface area contributed by atoms with Gasteiger partial charge in [-0.15, -0.1) is 0 Å². The van der Waals surface area contributed by atoms with Gasteiger partial charge in [0.2, 0.25) is 0 Å². The summed E-state index contributed by atoms with van der Waals surface area (Å²) in [6.45, 7) is 12.4. The molecule has 23 heavy (non-hydrogen) atoms. The number of ketones is 1. The van der Waals surface area contributed by atoms with Gasteiger partial charge in [-0.1, -0.05) is 53.4 Å². The van der Waals surface area contributed by atoms with Crippen molar-refractivity contribution in [1.29, 1.82) is 0 Å². The lowest BCUT2D eigenvalue weighted by Gasteiger charge is -2.25. The lowest BCUT2D eigenvalue weighted by molar-refractivity contribution is -0.120. The predicted octanol–water partition coefficient (Wildman–Crippen LogP) is 4.72. The van der Waals surface area contributed by atoms with Crippen LogP contribution in [0.1, 0.15) is 92.4 Å². The van der Waals surface area contributed by atoms with E-state index >= 15 is 0 Å². The third kappa shape index (κ3) is 13.7. The lowest BCUT2D eigenvalue weighted by Crippen LogP contribution is -2.35. The largest absolute Gasteiger partial charge is 0.396 e. The van der Waals surface area contributed by atoms with Crippen molar-refractivity contribution in [1.82, 2.24) is 5.32 Å². The fourth-order valence-corrected chi connectivity index (χ4v) is 2.97. The number of piperidine rings is 1. The molecule has 1 saturated heterocycles. The number of carbonyl (C=O) groups is 1. The molecule has 0 aromatic rings. The number of Topliss-reactive ketones (excluding diaryl/α,β-unsaturated/α-hetero) is 1. The first-order valence-corrected chi connectivity index (χ1v) is 9.66. The van der Waals surface area contributed by atoms with Gasteiger partial charge in [0.05, 0.1) is 0 Å². The second-order valence-electron chi connectivity index (χ2n) is 8.15. The monoisotopic (exact) mass is 327 g/mol. The van der Waals surface area contributed by atoms with Crippen LogP contribution in [-0.4, -0.2) is 30.1 Å². The summed E-state index contributed by atoms with van der Waals surface area (Å²) in [5.74, 6) is 0.882. The molecule has 0 aliphatic carbocycles. The lowest BCUT2D eigenvalue weighted by atomic mass is 9.81. The Morgan fingerprint density at radius 3 is 2.39 bits per heavy atom. The molecule has 2 atom stereocenters. The van der Waals surface area contributed by atoms with Crippen molar-refractivity contribution in [2.45, 2.75) is 98.4 Å². The van der Waals surface area contributed by atoms with Crippen LogP contribution in [-0.2, 0) is 4.79 Å². The maximum atomic E-state index is 10.6. The van der Waals surface area contributed by atoms with Crippen LogP contribution in [0.5, 0.6) is 0 Å². The van der Waals surface area contributed by atoms with Crippen LogP contribution in [0, 0.1) is 11.3 Å². The fourth-order valence-electron chi connectivity index (χ4n) is 2.97. The molecule has 0 aromatic heterocycles. The Morgan fingerprint density at radius 1 is 1.26 bits per heavy atom. The van der Waals surface area contributed by atoms with Crippen LogP contribution in [0.2, 0.25) is 0 Å². The Bertz CT molecular complexity index is 302. The molecule has 2 N–H and O–H groups in total. The number of unbranched alkanes of at least 4 members (excludes halogenated alkanes) is 2. The van der Waals surface area contributed by atoms with E-state index in [0.717, 1.165) is 19.4 Å². The topological polar surface area (TPSA) is 49.3 Å². The molecule has 1 fully saturated rings. The van der Waals surface area contributed by atoms with Gasteiger partial charge < -0.3 is 10.4 Å². The fraction of sp³-hybridized carbons (Fsp3) is 0.950. The number of hydrogen-bond acceptors (Lipinski definition) is 3. The summed E-state index contributed by atoms with van der Waals surface area (Å²) >= 11 is 0. The van der Waals surface area contributed by atoms with Crippen molar-refractivity contribution >= 4 is 5.78 Å². The Kier molecular flexibility index (Phi) is 12.7. The van der Waals surface area contributed by atoms with E-state index in [2.05, 4.69) is 33.0 Å². The molecule has 2 unspecified atom stereocenters. The van der Waals surface area contributed by atoms with Gasteiger partial charge >= 0.3 is 0 Å². The second kappa shape index (κ2) is 12.9. The molecular formula is C20H41NO2. The normalized spacial score (nSPS) is 19.9. The van der Waals surface area contributed by atoms with Gasteiger partial charge in [0, 0.05) is 32.0 Å². The number of carbonyl (C=O) groups excluding carboxylic acids is 1. The third-order valence-electron chi connectivity index (χ3n) is 4.75. The van der Waals surface area contributed by atoms with Crippen LogP contribution in [0.25, 0.3) is 0 Å². The van der Waals surface area contributed by atoms with Gasteiger partial charge in [0.25, 0.3) is 0 Å². The number of aliphatic hydroxyl groups excluding tert-OH is 1. The molecule has 3 nitrogen and oxygen atoms in total. The summed E-state index contributed by atoms with van der Waals surface area (Å²) in [5.41, 5.74) is 0.504. The highest BCUT2D eigenvalue weighted by molar-refractivity contribution is 5.79. The molecule has 1 heterocycles. The zero-order chi connectivity index (χ0) is 17.7. The van der Waals surface area contributed by atoms with E-state index in [1.807, 2.05) is 6.92 Å². The van der Waals surface area contributed by atoms with Gasteiger partial charge in [0.15, 0.2) is 0 Å². The molecule has 138 valence electrons. The molecule has 0 saturated carbocycles. The van der Waals surface area contributed by atoms with E-state index in [9.17, 15) is 4.79 Å². The first kappa shape index (κ1) is 22.6. The SMILES string of the molecule is CC1CC(=O)CCN1.CCCCCC(C)(C)CCCC(C)CO. The van der Waals surface area contributed by atoms with E-state index in [4.69, 9.17) is 5.11 Å². The Balaban J connectivity index is 0.000000502. The number of rotatable bonds is 9. The summed E-state index contributed by atoms with van der Waals surface area (Å²) in [5, 5.41) is 12.1. The molecule has 0 amide bonds. The Labute approximate surface area is 144 Å². The van der Waals surface area contributed by atoms with E-state index in [-0.39, 0.29) is 0 Å². The minimum atomic E-state index is 0.344. The van der Waals surface area contributed by atoms with E-state index in [1.165, 1.54) is 44.9 Å². The van der Waals surface area contributed by atoms with Crippen molar-refractivity contribution in [2.75, 3.05) is 13.2 Å². The average molecular weight is 328 g/mol. The maximum absolute atomic E-state index is 10.6. The van der Waals surface area contributed by atoms with Crippen molar-refractivity contribution in [2.24, 2.45) is 11.3 Å². The standard InChI is InChI=1S/C14H30O.C6H11NO/c1-5-6-7-10-14(3,4)11-8-9-13(2)12-15;1-5-4-6(8)2-3-7-5/h13,15H,5-12H2,1-4H3;5,7H,2-4H2,1H3. The molecule has 0 spiro atoms. The van der Waals surface area contributed by atoms with E-state index in [1.54, 1.807) is 0 Å². The molecule has 3 heteroatoms. The molecule has 1 aliphatic rings. The van der Waals surface area contributed by atoms with Crippen LogP contribution in [0.3, 0.4) is 0 Å². The number of aliphatic hydroxyl groups is 1. The average Bonchev–Trinajstić information content (AvgIpc) is 2.47. The highest BCUT2D eigenvalue weighted by Crippen LogP contribution is 2.30. The molecule has 0 bridgehead atoms. The predicted molar refractivity (Wildman–Crippen MR) is 99.7 cm³/mol. The van der Waals surface area contributed by atoms with Gasteiger partial charge in [-0.05, 0) is 37.5 Å². The smallest absolute Gasteiger partial charge is 0.135 e. The minimum Gasteiger partial charge on any atom is -0.396 e. The molecule has 1 aliphatic heterocycles. The summed E-state index contributed by atoms with van der Waals surface area (Å²) in [6.07, 6.45) is 10.6. The molecule has 0 radical (unpaired) electrons. The van der Waals surface area contributed by atoms with Gasteiger partial charge in [-0.25, -0.2) is 0 Å². The van der Waals surface area contributed by atoms with Crippen molar-refractivity contribution in [3.05, 3.63) is 0 Å². The Morgan fingerprint density at radius 2 is 1.91 bits per heavy atom. The molecular weight excluding hydrogens is 286 g/mol. The quantitative estimate of drug-likeness (QED) is 0.602. The zero-order valence-corrected chi connectivity index (χ0v) is 16.3. The summed E-state index contributed by atoms with van der Waals surface area (Å²) in [6, 6.07) is 0.413. The first-order chi connectivity index (χ1) is 10.8. The first-order valence-electron chi connectivity index (χ1n) is 9.66. The van der Waals surface area contributed by atoms with Crippen molar-refractivity contribution in [3.8, 4) is 0 Å². The number of hydrogen-bond donors (Lipinski definition) is 2.